The summed E-state index contributed by atoms with van der Waals surface area (Å²) in [6, 6.07) is 3.97. The minimum atomic E-state index is -4.84. The van der Waals surface area contributed by atoms with Crippen LogP contribution >= 0.6 is 0 Å². The van der Waals surface area contributed by atoms with Gasteiger partial charge in [-0.05, 0) is 19.1 Å². The number of furan rings is 1. The summed E-state index contributed by atoms with van der Waals surface area (Å²) in [5, 5.41) is 2.98. The summed E-state index contributed by atoms with van der Waals surface area (Å²) in [4.78, 5) is 11.7. The summed E-state index contributed by atoms with van der Waals surface area (Å²) in [7, 11) is -3.35. The van der Waals surface area contributed by atoms with Crippen molar-refractivity contribution >= 4 is 27.3 Å². The van der Waals surface area contributed by atoms with Crippen LogP contribution in [0.5, 0.6) is 5.75 Å². The fraction of sp³-hybridized carbons (Fsp3) is 0.182. The Kier molecular flexibility index (Phi) is 5.22. The van der Waals surface area contributed by atoms with Gasteiger partial charge in [-0.15, -0.1) is 0 Å². The van der Waals surface area contributed by atoms with Crippen molar-refractivity contribution in [2.45, 2.75) is 6.92 Å². The third-order valence-electron chi connectivity index (χ3n) is 2.49. The molecule has 7 nitrogen and oxygen atoms in total. The van der Waals surface area contributed by atoms with Gasteiger partial charge < -0.3 is 18.5 Å². The zero-order chi connectivity index (χ0) is 14.2. The first-order valence-electron chi connectivity index (χ1n) is 5.22. The Labute approximate surface area is 137 Å². The summed E-state index contributed by atoms with van der Waals surface area (Å²) < 4.78 is 41.0. The van der Waals surface area contributed by atoms with Crippen LogP contribution in [0.4, 0.5) is 0 Å². The number of fused-ring (bicyclic) bond motifs is 1. The fourth-order valence-electron chi connectivity index (χ4n) is 1.78. The van der Waals surface area contributed by atoms with Crippen LogP contribution < -0.4 is 39.1 Å². The maximum atomic E-state index is 11.7. The van der Waals surface area contributed by atoms with Gasteiger partial charge in [-0.3, -0.25) is 4.79 Å². The second-order valence-electron chi connectivity index (χ2n) is 3.76. The van der Waals surface area contributed by atoms with E-state index in [9.17, 15) is 17.8 Å². The summed E-state index contributed by atoms with van der Waals surface area (Å²) in [6.07, 6.45) is 0. The molecule has 1 aromatic heterocycles. The second-order valence-corrected chi connectivity index (χ2v) is 4.75. The molecule has 0 unspecified atom stereocenters. The van der Waals surface area contributed by atoms with Gasteiger partial charge in [0.1, 0.15) is 17.1 Å². The molecule has 0 radical (unpaired) electrons. The van der Waals surface area contributed by atoms with Gasteiger partial charge in [-0.25, -0.2) is 8.42 Å². The average Bonchev–Trinajstić information content (AvgIpc) is 2.61. The Bertz CT molecular complexity index is 752. The topological polar surface area (TPSA) is 109 Å². The van der Waals surface area contributed by atoms with Gasteiger partial charge in [0.2, 0.25) is 0 Å². The van der Waals surface area contributed by atoms with Crippen LogP contribution in [0.1, 0.15) is 16.1 Å². The SMILES string of the molecule is CNC(=O)c1c(C)oc2cc(OS(=O)(=O)[O-])ccc12.[Na+]. The molecule has 9 heteroatoms. The maximum Gasteiger partial charge on any atom is 1.00 e. The Balaban J connectivity index is 0.00000200. The predicted molar refractivity (Wildman–Crippen MR) is 64.7 cm³/mol. The molecule has 2 aromatic rings. The van der Waals surface area contributed by atoms with Crippen molar-refractivity contribution in [1.29, 1.82) is 0 Å². The molecule has 0 atom stereocenters. The molecule has 0 saturated carbocycles. The van der Waals surface area contributed by atoms with E-state index in [1.807, 2.05) is 0 Å². The van der Waals surface area contributed by atoms with Crippen molar-refractivity contribution in [1.82, 2.24) is 5.32 Å². The number of benzene rings is 1. The van der Waals surface area contributed by atoms with Crippen LogP contribution in [-0.2, 0) is 10.4 Å². The third-order valence-corrected chi connectivity index (χ3v) is 2.89. The Morgan fingerprint density at radius 3 is 2.60 bits per heavy atom. The van der Waals surface area contributed by atoms with Gasteiger partial charge >= 0.3 is 29.6 Å². The molecule has 0 spiro atoms. The molecule has 0 aliphatic carbocycles. The normalized spacial score (nSPS) is 10.9. The molecule has 0 aliphatic heterocycles. The summed E-state index contributed by atoms with van der Waals surface area (Å²) >= 11 is 0. The van der Waals surface area contributed by atoms with Gasteiger partial charge in [0.15, 0.2) is 0 Å². The molecule has 0 bridgehead atoms. The van der Waals surface area contributed by atoms with E-state index < -0.39 is 10.4 Å². The maximum absolute atomic E-state index is 11.7. The van der Waals surface area contributed by atoms with E-state index in [1.165, 1.54) is 25.2 Å². The first-order chi connectivity index (χ1) is 8.81. The van der Waals surface area contributed by atoms with E-state index >= 15 is 0 Å². The van der Waals surface area contributed by atoms with E-state index in [-0.39, 0.29) is 46.8 Å². The van der Waals surface area contributed by atoms with Crippen LogP contribution in [0.15, 0.2) is 22.6 Å². The summed E-state index contributed by atoms with van der Waals surface area (Å²) in [5.74, 6) is -0.0995. The average molecular weight is 307 g/mol. The molecule has 1 amide bonds. The van der Waals surface area contributed by atoms with Crippen molar-refractivity contribution in [3.8, 4) is 5.75 Å². The van der Waals surface area contributed by atoms with E-state index in [0.29, 0.717) is 16.7 Å². The van der Waals surface area contributed by atoms with Gasteiger partial charge in [0.05, 0.1) is 5.56 Å². The van der Waals surface area contributed by atoms with Crippen LogP contribution in [0, 0.1) is 6.92 Å². The minimum Gasteiger partial charge on any atom is -0.716 e. The fourth-order valence-corrected chi connectivity index (χ4v) is 2.12. The number of aryl methyl sites for hydroxylation is 1. The molecule has 0 aliphatic rings. The standard InChI is InChI=1S/C11H11NO6S.Na/c1-6-10(11(13)12-2)8-4-3-7(5-9(8)17-6)18-19(14,15)16;/h3-5H,1-2H3,(H,12,13)(H,14,15,16);/q;+1/p-1. The predicted octanol–water partition coefficient (Wildman–Crippen LogP) is -2.06. The Morgan fingerprint density at radius 2 is 2.05 bits per heavy atom. The number of carbonyl (C=O) groups excluding carboxylic acids is 1. The molecule has 0 saturated heterocycles. The smallest absolute Gasteiger partial charge is 0.716 e. The van der Waals surface area contributed by atoms with E-state index in [2.05, 4.69) is 9.50 Å². The van der Waals surface area contributed by atoms with Gasteiger partial charge in [0.25, 0.3) is 16.3 Å². The van der Waals surface area contributed by atoms with Crippen LogP contribution in [0.25, 0.3) is 11.0 Å². The molecule has 0 fully saturated rings. The first-order valence-corrected chi connectivity index (χ1v) is 6.55. The molecule has 20 heavy (non-hydrogen) atoms. The molecular formula is C11H10NNaO6S. The van der Waals surface area contributed by atoms with E-state index in [4.69, 9.17) is 4.42 Å². The van der Waals surface area contributed by atoms with Crippen LogP contribution in [-0.4, -0.2) is 25.9 Å². The van der Waals surface area contributed by atoms with Gasteiger partial charge in [-0.1, -0.05) is 0 Å². The monoisotopic (exact) mass is 307 g/mol. The first kappa shape index (κ1) is 17.0. The molecule has 1 heterocycles. The number of nitrogens with one attached hydrogen (secondary N) is 1. The quantitative estimate of drug-likeness (QED) is 0.397. The van der Waals surface area contributed by atoms with Crippen molar-refractivity contribution in [3.05, 3.63) is 29.5 Å². The molecule has 2 rings (SSSR count). The number of hydrogen-bond donors (Lipinski definition) is 1. The molecule has 1 N–H and O–H groups in total. The van der Waals surface area contributed by atoms with Gasteiger partial charge in [-0.2, -0.15) is 0 Å². The zero-order valence-electron chi connectivity index (χ0n) is 11.1. The van der Waals surface area contributed by atoms with Crippen molar-refractivity contribution in [2.24, 2.45) is 0 Å². The molecule has 1 aromatic carbocycles. The Hall–Kier alpha value is -1.06. The molecule has 102 valence electrons. The number of rotatable bonds is 3. The van der Waals surface area contributed by atoms with E-state index in [1.54, 1.807) is 6.92 Å². The number of hydrogen-bond acceptors (Lipinski definition) is 6. The van der Waals surface area contributed by atoms with Gasteiger partial charge in [0, 0.05) is 18.5 Å². The number of carbonyl (C=O) groups is 1. The number of amides is 1. The van der Waals surface area contributed by atoms with Crippen molar-refractivity contribution < 1.29 is 55.9 Å². The third kappa shape index (κ3) is 3.53. The summed E-state index contributed by atoms with van der Waals surface area (Å²) in [6.45, 7) is 1.61. The minimum absolute atomic E-state index is 0. The summed E-state index contributed by atoms with van der Waals surface area (Å²) in [5.41, 5.74) is 0.617. The molecular weight excluding hydrogens is 297 g/mol. The largest absolute Gasteiger partial charge is 1.00 e. The van der Waals surface area contributed by atoms with Crippen molar-refractivity contribution in [3.63, 3.8) is 0 Å². The second kappa shape index (κ2) is 6.15. The van der Waals surface area contributed by atoms with Crippen LogP contribution in [0.2, 0.25) is 0 Å². The Morgan fingerprint density at radius 1 is 1.40 bits per heavy atom. The van der Waals surface area contributed by atoms with E-state index in [0.717, 1.165) is 0 Å². The zero-order valence-corrected chi connectivity index (χ0v) is 13.9. The van der Waals surface area contributed by atoms with Crippen molar-refractivity contribution in [2.75, 3.05) is 7.05 Å². The van der Waals surface area contributed by atoms with Crippen LogP contribution in [0.3, 0.4) is 0 Å².